The first-order valence-corrected chi connectivity index (χ1v) is 14.8. The van der Waals surface area contributed by atoms with E-state index in [1.54, 1.807) is 24.1 Å². The third-order valence-corrected chi connectivity index (χ3v) is 9.44. The largest absolute Gasteiger partial charge is 0.377 e. The number of anilines is 1. The highest BCUT2D eigenvalue weighted by Crippen LogP contribution is 2.32. The van der Waals surface area contributed by atoms with Gasteiger partial charge >= 0.3 is 0 Å². The van der Waals surface area contributed by atoms with Gasteiger partial charge in [-0.2, -0.15) is 4.31 Å². The van der Waals surface area contributed by atoms with E-state index in [4.69, 9.17) is 9.72 Å². The van der Waals surface area contributed by atoms with Crippen molar-refractivity contribution in [3.05, 3.63) is 53.1 Å². The molecule has 1 aliphatic rings. The topological polar surface area (TPSA) is 83.1 Å². The summed E-state index contributed by atoms with van der Waals surface area (Å²) in [6.45, 7) is 6.43. The molecule has 10 heteroatoms. The van der Waals surface area contributed by atoms with Gasteiger partial charge in [-0.25, -0.2) is 13.4 Å². The Hall–Kier alpha value is -2.37. The average molecular weight is 545 g/mol. The van der Waals surface area contributed by atoms with Crippen LogP contribution in [0, 0.1) is 13.8 Å². The number of fused-ring (bicyclic) bond motifs is 1. The van der Waals surface area contributed by atoms with Crippen LogP contribution in [0.5, 0.6) is 0 Å². The zero-order valence-electron chi connectivity index (χ0n) is 22.2. The fourth-order valence-corrected chi connectivity index (χ4v) is 6.95. The van der Waals surface area contributed by atoms with Crippen molar-refractivity contribution in [3.8, 4) is 0 Å². The minimum atomic E-state index is -3.68. The van der Waals surface area contributed by atoms with Crippen LogP contribution in [0.1, 0.15) is 40.7 Å². The van der Waals surface area contributed by atoms with Crippen molar-refractivity contribution in [1.82, 2.24) is 14.2 Å². The van der Waals surface area contributed by atoms with Gasteiger partial charge in [0.25, 0.3) is 5.91 Å². The van der Waals surface area contributed by atoms with Crippen molar-refractivity contribution in [1.29, 1.82) is 0 Å². The van der Waals surface area contributed by atoms with Crippen LogP contribution in [0.25, 0.3) is 10.2 Å². The van der Waals surface area contributed by atoms with E-state index in [0.717, 1.165) is 47.2 Å². The molecule has 200 valence electrons. The number of aryl methyl sites for hydroxylation is 2. The molecule has 2 heterocycles. The highest BCUT2D eigenvalue weighted by atomic mass is 32.2. The Labute approximate surface area is 223 Å². The molecule has 1 amide bonds. The molecule has 1 aliphatic heterocycles. The lowest BCUT2D eigenvalue weighted by molar-refractivity contribution is 0.0978. The second-order valence-electron chi connectivity index (χ2n) is 9.98. The number of amides is 1. The summed E-state index contributed by atoms with van der Waals surface area (Å²) in [6, 6.07) is 10.4. The Morgan fingerprint density at radius 1 is 1.11 bits per heavy atom. The molecule has 2 aromatic carbocycles. The quantitative estimate of drug-likeness (QED) is 0.378. The van der Waals surface area contributed by atoms with E-state index in [0.29, 0.717) is 30.4 Å². The number of ether oxygens (including phenoxy) is 1. The number of aromatic nitrogens is 1. The first-order chi connectivity index (χ1) is 17.6. The Balaban J connectivity index is 1.58. The van der Waals surface area contributed by atoms with E-state index in [1.807, 2.05) is 21.0 Å². The molecular weight excluding hydrogens is 508 g/mol. The molecule has 1 fully saturated rings. The van der Waals surface area contributed by atoms with E-state index in [2.05, 4.69) is 24.0 Å². The summed E-state index contributed by atoms with van der Waals surface area (Å²) in [4.78, 5) is 22.5. The molecule has 1 aromatic heterocycles. The summed E-state index contributed by atoms with van der Waals surface area (Å²) in [5.41, 5.74) is 3.58. The van der Waals surface area contributed by atoms with Crippen molar-refractivity contribution in [3.63, 3.8) is 0 Å². The molecule has 1 unspecified atom stereocenters. The monoisotopic (exact) mass is 544 g/mol. The highest BCUT2D eigenvalue weighted by Gasteiger charge is 2.27. The number of sulfonamides is 1. The van der Waals surface area contributed by atoms with Gasteiger partial charge in [-0.15, -0.1) is 0 Å². The van der Waals surface area contributed by atoms with Crippen LogP contribution in [0.15, 0.2) is 41.3 Å². The molecule has 0 saturated carbocycles. The zero-order valence-corrected chi connectivity index (χ0v) is 23.9. The summed E-state index contributed by atoms with van der Waals surface area (Å²) in [5, 5.41) is 0.653. The van der Waals surface area contributed by atoms with Gasteiger partial charge in [0.05, 0.1) is 21.2 Å². The lowest BCUT2D eigenvalue weighted by atomic mass is 10.1. The van der Waals surface area contributed by atoms with Gasteiger partial charge in [0.15, 0.2) is 5.13 Å². The molecule has 37 heavy (non-hydrogen) atoms. The Morgan fingerprint density at radius 3 is 2.49 bits per heavy atom. The maximum atomic E-state index is 13.7. The molecule has 3 aromatic rings. The number of nitrogens with zero attached hydrogens (tertiary/aromatic N) is 4. The first-order valence-electron chi connectivity index (χ1n) is 12.6. The van der Waals surface area contributed by atoms with E-state index in [9.17, 15) is 13.2 Å². The van der Waals surface area contributed by atoms with Crippen LogP contribution in [-0.2, 0) is 14.8 Å². The van der Waals surface area contributed by atoms with E-state index < -0.39 is 10.0 Å². The zero-order chi connectivity index (χ0) is 26.7. The van der Waals surface area contributed by atoms with Crippen molar-refractivity contribution in [2.45, 2.75) is 44.1 Å². The molecule has 0 bridgehead atoms. The Bertz CT molecular complexity index is 1350. The summed E-state index contributed by atoms with van der Waals surface area (Å²) < 4.78 is 34.1. The van der Waals surface area contributed by atoms with Gasteiger partial charge in [0.2, 0.25) is 10.0 Å². The van der Waals surface area contributed by atoms with Crippen molar-refractivity contribution >= 4 is 42.6 Å². The van der Waals surface area contributed by atoms with Gasteiger partial charge in [0, 0.05) is 32.3 Å². The van der Waals surface area contributed by atoms with Crippen LogP contribution in [-0.4, -0.2) is 82.0 Å². The number of benzene rings is 2. The standard InChI is InChI=1S/C27H36N4O4S2/c1-19-16-20(2)25-24(17-19)36-27(28-25)31(14-7-13-29(3)4)26(32)21-9-11-23(12-10-21)37(33,34)30(5)18-22-8-6-15-35-22/h9-12,16-17,22H,6-8,13-15,18H2,1-5H3. The van der Waals surface area contributed by atoms with Crippen LogP contribution in [0.2, 0.25) is 0 Å². The highest BCUT2D eigenvalue weighted by molar-refractivity contribution is 7.89. The van der Waals surface area contributed by atoms with Crippen LogP contribution in [0.3, 0.4) is 0 Å². The minimum Gasteiger partial charge on any atom is -0.377 e. The van der Waals surface area contributed by atoms with Crippen molar-refractivity contribution in [2.75, 3.05) is 52.3 Å². The SMILES string of the molecule is Cc1cc(C)c2nc(N(CCCN(C)C)C(=O)c3ccc(S(=O)(=O)N(C)CC4CCCO4)cc3)sc2c1. The summed E-state index contributed by atoms with van der Waals surface area (Å²) in [5.74, 6) is -0.191. The normalized spacial score (nSPS) is 16.2. The summed E-state index contributed by atoms with van der Waals surface area (Å²) >= 11 is 1.51. The molecule has 0 aliphatic carbocycles. The van der Waals surface area contributed by atoms with Crippen LogP contribution < -0.4 is 4.90 Å². The number of rotatable bonds is 10. The van der Waals surface area contributed by atoms with Gasteiger partial charge in [0.1, 0.15) is 0 Å². The second-order valence-corrected chi connectivity index (χ2v) is 13.0. The Kier molecular flexibility index (Phi) is 8.65. The Morgan fingerprint density at radius 2 is 1.84 bits per heavy atom. The third-order valence-electron chi connectivity index (χ3n) is 6.58. The molecule has 0 N–H and O–H groups in total. The molecule has 1 atom stereocenters. The number of carbonyl (C=O) groups excluding carboxylic acids is 1. The van der Waals surface area contributed by atoms with Gasteiger partial charge < -0.3 is 9.64 Å². The number of carbonyl (C=O) groups is 1. The fourth-order valence-electron chi connectivity index (χ4n) is 4.58. The summed E-state index contributed by atoms with van der Waals surface area (Å²) in [6.07, 6.45) is 2.53. The van der Waals surface area contributed by atoms with Crippen molar-refractivity contribution in [2.24, 2.45) is 0 Å². The maximum Gasteiger partial charge on any atom is 0.260 e. The second kappa shape index (κ2) is 11.6. The smallest absolute Gasteiger partial charge is 0.260 e. The fraction of sp³-hybridized carbons (Fsp3) is 0.481. The van der Waals surface area contributed by atoms with Gasteiger partial charge in [-0.3, -0.25) is 9.69 Å². The predicted octanol–water partition coefficient (Wildman–Crippen LogP) is 4.31. The number of likely N-dealkylation sites (N-methyl/N-ethyl adjacent to an activating group) is 1. The minimum absolute atomic E-state index is 0.0717. The van der Waals surface area contributed by atoms with Crippen LogP contribution >= 0.6 is 11.3 Å². The first kappa shape index (κ1) is 27.7. The molecule has 0 radical (unpaired) electrons. The van der Waals surface area contributed by atoms with E-state index >= 15 is 0 Å². The molecule has 4 rings (SSSR count). The molecule has 1 saturated heterocycles. The summed E-state index contributed by atoms with van der Waals surface area (Å²) in [7, 11) is 1.90. The molecule has 8 nitrogen and oxygen atoms in total. The number of thiazole rings is 1. The van der Waals surface area contributed by atoms with Crippen molar-refractivity contribution < 1.29 is 17.9 Å². The molecule has 0 spiro atoms. The number of hydrogen-bond acceptors (Lipinski definition) is 7. The van der Waals surface area contributed by atoms with Crippen LogP contribution in [0.4, 0.5) is 5.13 Å². The average Bonchev–Trinajstić information content (AvgIpc) is 3.51. The maximum absolute atomic E-state index is 13.7. The predicted molar refractivity (Wildman–Crippen MR) is 149 cm³/mol. The third kappa shape index (κ3) is 6.38. The lowest BCUT2D eigenvalue weighted by Crippen LogP contribution is -2.34. The van der Waals surface area contributed by atoms with Gasteiger partial charge in [-0.05, 0) is 95.2 Å². The molecular formula is C27H36N4O4S2. The van der Waals surface area contributed by atoms with E-state index in [-0.39, 0.29) is 16.9 Å². The lowest BCUT2D eigenvalue weighted by Gasteiger charge is -2.22. The number of hydrogen-bond donors (Lipinski definition) is 0. The van der Waals surface area contributed by atoms with Gasteiger partial charge in [-0.1, -0.05) is 17.4 Å². The van der Waals surface area contributed by atoms with E-state index in [1.165, 1.54) is 27.8 Å².